The maximum atomic E-state index is 13.0. The molecule has 2 aliphatic rings. The average Bonchev–Trinajstić information content (AvgIpc) is 3.38. The van der Waals surface area contributed by atoms with Crippen LogP contribution in [0.15, 0.2) is 53.4 Å². The first-order valence-corrected chi connectivity index (χ1v) is 12.5. The van der Waals surface area contributed by atoms with Crippen LogP contribution in [0.2, 0.25) is 0 Å². The number of hydrogen-bond acceptors (Lipinski definition) is 4. The van der Waals surface area contributed by atoms with Crippen molar-refractivity contribution in [3.8, 4) is 5.75 Å². The van der Waals surface area contributed by atoms with Gasteiger partial charge in [-0.2, -0.15) is 0 Å². The van der Waals surface area contributed by atoms with Gasteiger partial charge in [0.25, 0.3) is 15.9 Å². The zero-order valence-electron chi connectivity index (χ0n) is 18.0. The molecule has 4 atom stereocenters. The monoisotopic (exact) mass is 442 g/mol. The van der Waals surface area contributed by atoms with E-state index in [2.05, 4.69) is 17.0 Å². The van der Waals surface area contributed by atoms with E-state index in [-0.39, 0.29) is 22.5 Å². The molecule has 2 N–H and O–H groups in total. The highest BCUT2D eigenvalue weighted by atomic mass is 32.2. The van der Waals surface area contributed by atoms with Gasteiger partial charge in [-0.05, 0) is 87.3 Å². The Hall–Kier alpha value is -2.54. The summed E-state index contributed by atoms with van der Waals surface area (Å²) in [6.45, 7) is 4.44. The first-order chi connectivity index (χ1) is 14.9. The summed E-state index contributed by atoms with van der Waals surface area (Å²) in [7, 11) is -3.84. The van der Waals surface area contributed by atoms with Gasteiger partial charge in [-0.1, -0.05) is 18.6 Å². The number of benzene rings is 2. The van der Waals surface area contributed by atoms with Crippen molar-refractivity contribution in [1.82, 2.24) is 5.32 Å². The molecule has 2 aliphatic carbocycles. The van der Waals surface area contributed by atoms with Gasteiger partial charge >= 0.3 is 0 Å². The van der Waals surface area contributed by atoms with E-state index in [1.165, 1.54) is 37.8 Å². The minimum Gasteiger partial charge on any atom is -0.494 e. The van der Waals surface area contributed by atoms with Crippen LogP contribution in [-0.4, -0.2) is 27.0 Å². The molecule has 6 nitrogen and oxygen atoms in total. The van der Waals surface area contributed by atoms with Crippen LogP contribution in [0.1, 0.15) is 49.9 Å². The SMILES string of the molecule is CCOc1ccc(S(=O)(=O)Nc2ccccc2C(=O)N[C@@H](C)[C@H]2C[C@@H]3CC[C@@H]2C3)cc1. The molecule has 0 spiro atoms. The fourth-order valence-corrected chi connectivity index (χ4v) is 6.23. The van der Waals surface area contributed by atoms with Crippen LogP contribution in [0, 0.1) is 17.8 Å². The predicted octanol–water partition coefficient (Wildman–Crippen LogP) is 4.44. The molecule has 2 saturated carbocycles. The third-order valence-electron chi connectivity index (χ3n) is 6.65. The largest absolute Gasteiger partial charge is 0.494 e. The summed E-state index contributed by atoms with van der Waals surface area (Å²) in [4.78, 5) is 13.1. The second kappa shape index (κ2) is 8.91. The van der Waals surface area contributed by atoms with Gasteiger partial charge in [0, 0.05) is 6.04 Å². The topological polar surface area (TPSA) is 84.5 Å². The lowest BCUT2D eigenvalue weighted by atomic mass is 9.84. The number of fused-ring (bicyclic) bond motifs is 2. The summed E-state index contributed by atoms with van der Waals surface area (Å²) in [5.74, 6) is 2.38. The van der Waals surface area contributed by atoms with Crippen LogP contribution in [0.25, 0.3) is 0 Å². The minimum absolute atomic E-state index is 0.0681. The molecule has 2 aromatic carbocycles. The number of ether oxygens (including phenoxy) is 1. The molecule has 4 rings (SSSR count). The van der Waals surface area contributed by atoms with Gasteiger partial charge in [0.05, 0.1) is 22.8 Å². The number of anilines is 1. The van der Waals surface area contributed by atoms with Crippen molar-refractivity contribution in [2.75, 3.05) is 11.3 Å². The molecule has 2 fully saturated rings. The van der Waals surface area contributed by atoms with Crippen LogP contribution in [0.4, 0.5) is 5.69 Å². The Balaban J connectivity index is 1.48. The van der Waals surface area contributed by atoms with Crippen molar-refractivity contribution in [1.29, 1.82) is 0 Å². The lowest BCUT2D eigenvalue weighted by molar-refractivity contribution is 0.0916. The Labute approximate surface area is 184 Å². The molecule has 31 heavy (non-hydrogen) atoms. The van der Waals surface area contributed by atoms with E-state index < -0.39 is 10.0 Å². The minimum atomic E-state index is -3.84. The van der Waals surface area contributed by atoms with Crippen molar-refractivity contribution in [3.05, 3.63) is 54.1 Å². The maximum Gasteiger partial charge on any atom is 0.261 e. The van der Waals surface area contributed by atoms with Gasteiger partial charge in [0.1, 0.15) is 5.75 Å². The number of rotatable bonds is 8. The van der Waals surface area contributed by atoms with Crippen molar-refractivity contribution < 1.29 is 17.9 Å². The summed E-state index contributed by atoms with van der Waals surface area (Å²) >= 11 is 0. The predicted molar refractivity (Wildman–Crippen MR) is 121 cm³/mol. The lowest BCUT2D eigenvalue weighted by Gasteiger charge is -2.28. The highest BCUT2D eigenvalue weighted by Gasteiger charge is 2.42. The molecule has 0 unspecified atom stereocenters. The van der Waals surface area contributed by atoms with Crippen LogP contribution < -0.4 is 14.8 Å². The van der Waals surface area contributed by atoms with E-state index >= 15 is 0 Å². The normalized spacial score (nSPS) is 23.4. The number of nitrogens with one attached hydrogen (secondary N) is 2. The van der Waals surface area contributed by atoms with E-state index in [0.29, 0.717) is 29.8 Å². The molecule has 2 bridgehead atoms. The van der Waals surface area contributed by atoms with Crippen LogP contribution >= 0.6 is 0 Å². The molecule has 0 heterocycles. The van der Waals surface area contributed by atoms with E-state index in [1.54, 1.807) is 36.4 Å². The molecular formula is C24H30N2O4S. The second-order valence-electron chi connectivity index (χ2n) is 8.66. The molecule has 7 heteroatoms. The quantitative estimate of drug-likeness (QED) is 0.633. The molecule has 0 aromatic heterocycles. The Morgan fingerprint density at radius 2 is 1.84 bits per heavy atom. The highest BCUT2D eigenvalue weighted by molar-refractivity contribution is 7.92. The second-order valence-corrected chi connectivity index (χ2v) is 10.3. The Kier molecular flexibility index (Phi) is 6.23. The number of sulfonamides is 1. The summed E-state index contributed by atoms with van der Waals surface area (Å²) in [5, 5.41) is 3.12. The first kappa shape index (κ1) is 21.7. The molecule has 166 valence electrons. The fraction of sp³-hybridized carbons (Fsp3) is 0.458. The zero-order valence-corrected chi connectivity index (χ0v) is 18.8. The summed E-state index contributed by atoms with van der Waals surface area (Å²) in [5.41, 5.74) is 0.598. The number of amides is 1. The van der Waals surface area contributed by atoms with Crippen molar-refractivity contribution in [2.24, 2.45) is 17.8 Å². The van der Waals surface area contributed by atoms with Crippen molar-refractivity contribution in [3.63, 3.8) is 0 Å². The van der Waals surface area contributed by atoms with E-state index in [1.807, 2.05) is 6.92 Å². The zero-order chi connectivity index (χ0) is 22.0. The van der Waals surface area contributed by atoms with Gasteiger partial charge in [0.2, 0.25) is 0 Å². The third kappa shape index (κ3) is 4.71. The van der Waals surface area contributed by atoms with Crippen LogP contribution in [-0.2, 0) is 10.0 Å². The Bertz CT molecular complexity index is 1040. The van der Waals surface area contributed by atoms with Gasteiger partial charge < -0.3 is 10.1 Å². The number of carbonyl (C=O) groups excluding carboxylic acids is 1. The van der Waals surface area contributed by atoms with Crippen LogP contribution in [0.5, 0.6) is 5.75 Å². The fourth-order valence-electron chi connectivity index (χ4n) is 5.15. The molecule has 0 radical (unpaired) electrons. The number of hydrogen-bond donors (Lipinski definition) is 2. The van der Waals surface area contributed by atoms with Gasteiger partial charge in [-0.3, -0.25) is 9.52 Å². The summed E-state index contributed by atoms with van der Waals surface area (Å²) < 4.78 is 33.7. The Morgan fingerprint density at radius 3 is 2.48 bits per heavy atom. The number of para-hydroxylation sites is 1. The maximum absolute atomic E-state index is 13.0. The van der Waals surface area contributed by atoms with E-state index in [0.717, 1.165) is 5.92 Å². The van der Waals surface area contributed by atoms with Gasteiger partial charge in [-0.15, -0.1) is 0 Å². The first-order valence-electron chi connectivity index (χ1n) is 11.0. The van der Waals surface area contributed by atoms with Gasteiger partial charge in [0.15, 0.2) is 0 Å². The smallest absolute Gasteiger partial charge is 0.261 e. The van der Waals surface area contributed by atoms with Crippen molar-refractivity contribution >= 4 is 21.6 Å². The standard InChI is InChI=1S/C24H30N2O4S/c1-3-30-19-10-12-20(13-11-19)31(28,29)26-23-7-5-4-6-21(23)24(27)25-16(2)22-15-17-8-9-18(22)14-17/h4-7,10-13,16-18,22,26H,3,8-9,14-15H2,1-2H3,(H,25,27)/t16-,17+,18+,22+/m0/s1. The van der Waals surface area contributed by atoms with E-state index in [4.69, 9.17) is 4.74 Å². The summed E-state index contributed by atoms with van der Waals surface area (Å²) in [6, 6.07) is 13.0. The Morgan fingerprint density at radius 1 is 1.10 bits per heavy atom. The van der Waals surface area contributed by atoms with Gasteiger partial charge in [-0.25, -0.2) is 8.42 Å². The van der Waals surface area contributed by atoms with Crippen molar-refractivity contribution in [2.45, 2.75) is 50.5 Å². The molecular weight excluding hydrogens is 412 g/mol. The van der Waals surface area contributed by atoms with E-state index in [9.17, 15) is 13.2 Å². The molecule has 2 aromatic rings. The average molecular weight is 443 g/mol. The molecule has 0 saturated heterocycles. The lowest BCUT2D eigenvalue weighted by Crippen LogP contribution is -2.40. The number of carbonyl (C=O) groups is 1. The van der Waals surface area contributed by atoms with Crippen LogP contribution in [0.3, 0.4) is 0 Å². The molecule has 0 aliphatic heterocycles. The highest BCUT2D eigenvalue weighted by Crippen LogP contribution is 2.49. The summed E-state index contributed by atoms with van der Waals surface area (Å²) in [6.07, 6.45) is 5.04. The third-order valence-corrected chi connectivity index (χ3v) is 8.04. The molecule has 1 amide bonds.